The second-order valence-electron chi connectivity index (χ2n) is 5.55. The molecular weight excluding hydrogens is 376 g/mol. The van der Waals surface area contributed by atoms with Crippen molar-refractivity contribution in [2.45, 2.75) is 0 Å². The minimum absolute atomic E-state index is 0.0993. The Hall–Kier alpha value is -2.26. The summed E-state index contributed by atoms with van der Waals surface area (Å²) in [5.74, 6) is 0.550. The van der Waals surface area contributed by atoms with Crippen LogP contribution in [0, 0.1) is 10.1 Å². The van der Waals surface area contributed by atoms with Gasteiger partial charge in [-0.3, -0.25) is 10.1 Å². The van der Waals surface area contributed by atoms with Crippen molar-refractivity contribution in [3.63, 3.8) is 0 Å². The normalized spacial score (nSPS) is 15.3. The first-order valence-corrected chi connectivity index (χ1v) is 8.30. The van der Waals surface area contributed by atoms with E-state index in [-0.39, 0.29) is 11.5 Å². The largest absolute Gasteiger partial charge is 0.353 e. The Bertz CT molecular complexity index is 748. The fourth-order valence-corrected chi connectivity index (χ4v) is 2.95. The number of hydrogen-bond acceptors (Lipinski definition) is 7. The summed E-state index contributed by atoms with van der Waals surface area (Å²) in [4.78, 5) is 23.6. The topological polar surface area (TPSA) is 87.4 Å². The molecule has 0 spiro atoms. The third-order valence-corrected chi connectivity index (χ3v) is 4.61. The predicted octanol–water partition coefficient (Wildman–Crippen LogP) is 2.64. The van der Waals surface area contributed by atoms with Crippen LogP contribution in [0.15, 0.2) is 35.1 Å². The van der Waals surface area contributed by atoms with Gasteiger partial charge in [-0.2, -0.15) is 0 Å². The third-order valence-electron chi connectivity index (χ3n) is 3.92. The number of benzene rings is 1. The number of nitrogens with zero attached hydrogens (tertiary/aromatic N) is 5. The van der Waals surface area contributed by atoms with Gasteiger partial charge in [0.05, 0.1) is 10.6 Å². The SMILES string of the molecule is CN1CCN(c2ncnc(Nc3ccccc3Br)c2[N+](=O)[O-])CC1. The summed E-state index contributed by atoms with van der Waals surface area (Å²) in [6.07, 6.45) is 1.36. The van der Waals surface area contributed by atoms with Gasteiger partial charge in [-0.25, -0.2) is 9.97 Å². The van der Waals surface area contributed by atoms with E-state index in [1.807, 2.05) is 36.2 Å². The van der Waals surface area contributed by atoms with E-state index in [2.05, 4.69) is 36.1 Å². The zero-order valence-electron chi connectivity index (χ0n) is 13.1. The molecule has 1 aromatic heterocycles. The smallest absolute Gasteiger partial charge is 0.348 e. The molecule has 2 aromatic rings. The summed E-state index contributed by atoms with van der Waals surface area (Å²) in [5.41, 5.74) is 0.612. The Morgan fingerprint density at radius 2 is 1.92 bits per heavy atom. The number of para-hydroxylation sites is 1. The maximum Gasteiger partial charge on any atom is 0.353 e. The molecule has 24 heavy (non-hydrogen) atoms. The standard InChI is InChI=1S/C15H17BrN6O2/c1-20-6-8-21(9-7-20)15-13(22(23)24)14(17-10-18-15)19-12-5-3-2-4-11(12)16/h2-5,10H,6-9H2,1H3,(H,17,18,19). The van der Waals surface area contributed by atoms with Crippen LogP contribution >= 0.6 is 15.9 Å². The molecule has 0 unspecified atom stereocenters. The molecular formula is C15H17BrN6O2. The molecule has 0 saturated carbocycles. The van der Waals surface area contributed by atoms with Crippen molar-refractivity contribution in [3.8, 4) is 0 Å². The first kappa shape index (κ1) is 16.6. The molecule has 2 heterocycles. The fraction of sp³-hybridized carbons (Fsp3) is 0.333. The van der Waals surface area contributed by atoms with Gasteiger partial charge >= 0.3 is 5.69 Å². The van der Waals surface area contributed by atoms with E-state index in [0.717, 1.165) is 17.6 Å². The van der Waals surface area contributed by atoms with E-state index < -0.39 is 4.92 Å². The summed E-state index contributed by atoms with van der Waals surface area (Å²) in [7, 11) is 2.03. The van der Waals surface area contributed by atoms with Crippen molar-refractivity contribution in [2.24, 2.45) is 0 Å². The van der Waals surface area contributed by atoms with Gasteiger partial charge in [0.15, 0.2) is 0 Å². The molecule has 1 N–H and O–H groups in total. The summed E-state index contributed by atoms with van der Waals surface area (Å²) >= 11 is 3.43. The van der Waals surface area contributed by atoms with E-state index >= 15 is 0 Å². The Morgan fingerprint density at radius 1 is 1.21 bits per heavy atom. The van der Waals surface area contributed by atoms with Gasteiger partial charge < -0.3 is 15.1 Å². The highest BCUT2D eigenvalue weighted by Crippen LogP contribution is 2.35. The first-order valence-electron chi connectivity index (χ1n) is 7.50. The van der Waals surface area contributed by atoms with Crippen molar-refractivity contribution in [1.29, 1.82) is 0 Å². The van der Waals surface area contributed by atoms with E-state index in [1.54, 1.807) is 0 Å². The average molecular weight is 393 g/mol. The lowest BCUT2D eigenvalue weighted by atomic mass is 10.3. The maximum atomic E-state index is 11.7. The summed E-state index contributed by atoms with van der Waals surface area (Å²) < 4.78 is 0.805. The molecule has 0 bridgehead atoms. The number of piperazine rings is 1. The van der Waals surface area contributed by atoms with Gasteiger partial charge in [-0.1, -0.05) is 12.1 Å². The van der Waals surface area contributed by atoms with E-state index in [0.29, 0.717) is 24.6 Å². The predicted molar refractivity (Wildman–Crippen MR) is 95.8 cm³/mol. The Balaban J connectivity index is 1.97. The number of rotatable bonds is 4. The lowest BCUT2D eigenvalue weighted by molar-refractivity contribution is -0.383. The second kappa shape index (κ2) is 7.10. The van der Waals surface area contributed by atoms with E-state index in [1.165, 1.54) is 6.33 Å². The Kier molecular flexibility index (Phi) is 4.91. The van der Waals surface area contributed by atoms with Crippen molar-refractivity contribution in [3.05, 3.63) is 45.2 Å². The number of nitrogens with one attached hydrogen (secondary N) is 1. The molecule has 0 atom stereocenters. The zero-order chi connectivity index (χ0) is 17.1. The second-order valence-corrected chi connectivity index (χ2v) is 6.40. The maximum absolute atomic E-state index is 11.7. The van der Waals surface area contributed by atoms with Crippen molar-refractivity contribution in [1.82, 2.24) is 14.9 Å². The van der Waals surface area contributed by atoms with Crippen LogP contribution in [-0.4, -0.2) is 53.0 Å². The number of hydrogen-bond donors (Lipinski definition) is 1. The number of anilines is 3. The molecule has 0 radical (unpaired) electrons. The molecule has 9 heteroatoms. The molecule has 1 aliphatic heterocycles. The molecule has 3 rings (SSSR count). The Morgan fingerprint density at radius 3 is 2.58 bits per heavy atom. The number of halogens is 1. The number of aromatic nitrogens is 2. The van der Waals surface area contributed by atoms with Crippen LogP contribution in [0.25, 0.3) is 0 Å². The molecule has 1 aromatic carbocycles. The average Bonchev–Trinajstić information content (AvgIpc) is 2.57. The summed E-state index contributed by atoms with van der Waals surface area (Å²) in [6, 6.07) is 7.41. The summed E-state index contributed by atoms with van der Waals surface area (Å²) in [5, 5.41) is 14.7. The van der Waals surface area contributed by atoms with Gasteiger partial charge in [0.2, 0.25) is 11.6 Å². The van der Waals surface area contributed by atoms with Crippen LogP contribution in [0.5, 0.6) is 0 Å². The minimum atomic E-state index is -0.424. The van der Waals surface area contributed by atoms with Crippen LogP contribution in [0.4, 0.5) is 23.0 Å². The Labute approximate surface area is 147 Å². The minimum Gasteiger partial charge on any atom is -0.348 e. The first-order chi connectivity index (χ1) is 11.6. The van der Waals surface area contributed by atoms with Crippen LogP contribution in [0.3, 0.4) is 0 Å². The molecule has 8 nitrogen and oxygen atoms in total. The number of likely N-dealkylation sites (N-methyl/N-ethyl adjacent to an activating group) is 1. The van der Waals surface area contributed by atoms with Crippen molar-refractivity contribution < 1.29 is 4.92 Å². The monoisotopic (exact) mass is 392 g/mol. The highest BCUT2D eigenvalue weighted by molar-refractivity contribution is 9.10. The highest BCUT2D eigenvalue weighted by Gasteiger charge is 2.28. The zero-order valence-corrected chi connectivity index (χ0v) is 14.7. The van der Waals surface area contributed by atoms with Crippen LogP contribution < -0.4 is 10.2 Å². The van der Waals surface area contributed by atoms with E-state index in [9.17, 15) is 10.1 Å². The van der Waals surface area contributed by atoms with Gasteiger partial charge in [-0.15, -0.1) is 0 Å². The third kappa shape index (κ3) is 3.46. The quantitative estimate of drug-likeness (QED) is 0.631. The van der Waals surface area contributed by atoms with Crippen molar-refractivity contribution in [2.75, 3.05) is 43.4 Å². The lowest BCUT2D eigenvalue weighted by Crippen LogP contribution is -2.45. The van der Waals surface area contributed by atoms with Crippen LogP contribution in [-0.2, 0) is 0 Å². The molecule has 126 valence electrons. The summed E-state index contributed by atoms with van der Waals surface area (Å²) in [6.45, 7) is 3.08. The molecule has 1 fully saturated rings. The highest BCUT2D eigenvalue weighted by atomic mass is 79.9. The van der Waals surface area contributed by atoms with Crippen molar-refractivity contribution >= 4 is 38.9 Å². The van der Waals surface area contributed by atoms with Gasteiger partial charge in [0.25, 0.3) is 0 Å². The molecule has 1 saturated heterocycles. The van der Waals surface area contributed by atoms with Crippen LogP contribution in [0.2, 0.25) is 0 Å². The molecule has 0 aliphatic carbocycles. The lowest BCUT2D eigenvalue weighted by Gasteiger charge is -2.32. The molecule has 1 aliphatic rings. The van der Waals surface area contributed by atoms with E-state index in [4.69, 9.17) is 0 Å². The van der Waals surface area contributed by atoms with Gasteiger partial charge in [-0.05, 0) is 35.1 Å². The number of nitro groups is 1. The van der Waals surface area contributed by atoms with Crippen LogP contribution in [0.1, 0.15) is 0 Å². The fourth-order valence-electron chi connectivity index (χ4n) is 2.57. The van der Waals surface area contributed by atoms with Gasteiger partial charge in [0.1, 0.15) is 6.33 Å². The van der Waals surface area contributed by atoms with Gasteiger partial charge in [0, 0.05) is 30.7 Å². The molecule has 0 amide bonds.